The molecule has 0 saturated heterocycles. The maximum atomic E-state index is 5.28. The molecule has 2 aromatic rings. The van der Waals surface area contributed by atoms with E-state index in [1.807, 2.05) is 12.3 Å². The Bertz CT molecular complexity index is 602. The van der Waals surface area contributed by atoms with Gasteiger partial charge in [-0.05, 0) is 39.3 Å². The van der Waals surface area contributed by atoms with Crippen LogP contribution in [0, 0.1) is 6.92 Å². The second-order valence-corrected chi connectivity index (χ2v) is 7.18. The fourth-order valence-corrected chi connectivity index (χ4v) is 2.99. The lowest BCUT2D eigenvalue weighted by Crippen LogP contribution is -2.35. The lowest BCUT2D eigenvalue weighted by atomic mass is 10.1. The molecule has 0 radical (unpaired) electrons. The molecule has 0 atom stereocenters. The first kappa shape index (κ1) is 16.1. The minimum absolute atomic E-state index is 0.0788. The van der Waals surface area contributed by atoms with Crippen LogP contribution in [0.5, 0.6) is 0 Å². The van der Waals surface area contributed by atoms with Gasteiger partial charge in [-0.3, -0.25) is 4.98 Å². The third-order valence-corrected chi connectivity index (χ3v) is 4.15. The monoisotopic (exact) mass is 305 g/mol. The Morgan fingerprint density at radius 3 is 2.71 bits per heavy atom. The van der Waals surface area contributed by atoms with Gasteiger partial charge < -0.3 is 10.1 Å². The van der Waals surface area contributed by atoms with Crippen molar-refractivity contribution in [3.8, 4) is 10.7 Å². The summed E-state index contributed by atoms with van der Waals surface area (Å²) in [6.07, 6.45) is 1.81. The van der Waals surface area contributed by atoms with Crippen molar-refractivity contribution in [2.75, 3.05) is 7.11 Å². The molecule has 0 unspecified atom stereocenters. The highest BCUT2D eigenvalue weighted by Crippen LogP contribution is 2.29. The van der Waals surface area contributed by atoms with E-state index in [0.29, 0.717) is 6.61 Å². The van der Waals surface area contributed by atoms with Crippen molar-refractivity contribution in [3.05, 3.63) is 34.5 Å². The Kier molecular flexibility index (Phi) is 5.08. The van der Waals surface area contributed by atoms with Gasteiger partial charge in [-0.15, -0.1) is 11.3 Å². The largest absolute Gasteiger partial charge is 0.378 e. The summed E-state index contributed by atoms with van der Waals surface area (Å²) < 4.78 is 5.28. The third kappa shape index (κ3) is 4.33. The average molecular weight is 305 g/mol. The lowest BCUT2D eigenvalue weighted by Gasteiger charge is -2.20. The minimum Gasteiger partial charge on any atom is -0.378 e. The van der Waals surface area contributed by atoms with Gasteiger partial charge in [-0.25, -0.2) is 4.98 Å². The number of aryl methyl sites for hydroxylation is 1. The molecule has 114 valence electrons. The summed E-state index contributed by atoms with van der Waals surface area (Å²) in [5, 5.41) is 4.47. The molecule has 2 aromatic heterocycles. The average Bonchev–Trinajstić information content (AvgIpc) is 2.80. The standard InChI is InChI=1S/C16H23N3OS/c1-11-7-6-8-17-14(11)15-19-12(10-20-5)13(21-15)9-18-16(2,3)4/h6-8,18H,9-10H2,1-5H3. The van der Waals surface area contributed by atoms with Crippen LogP contribution in [-0.2, 0) is 17.9 Å². The fourth-order valence-electron chi connectivity index (χ4n) is 1.93. The molecule has 5 heteroatoms. The van der Waals surface area contributed by atoms with Gasteiger partial charge in [0.25, 0.3) is 0 Å². The Morgan fingerprint density at radius 1 is 1.33 bits per heavy atom. The summed E-state index contributed by atoms with van der Waals surface area (Å²) >= 11 is 1.69. The number of aromatic nitrogens is 2. The van der Waals surface area contributed by atoms with Gasteiger partial charge in [0.1, 0.15) is 10.7 Å². The number of nitrogens with zero attached hydrogens (tertiary/aromatic N) is 2. The van der Waals surface area contributed by atoms with Gasteiger partial charge in [-0.2, -0.15) is 0 Å². The zero-order chi connectivity index (χ0) is 15.5. The topological polar surface area (TPSA) is 47.0 Å². The highest BCUT2D eigenvalue weighted by molar-refractivity contribution is 7.15. The molecular weight excluding hydrogens is 282 g/mol. The van der Waals surface area contributed by atoms with Crippen molar-refractivity contribution in [2.24, 2.45) is 0 Å². The van der Waals surface area contributed by atoms with E-state index in [0.717, 1.165) is 28.5 Å². The number of thiazole rings is 1. The summed E-state index contributed by atoms with van der Waals surface area (Å²) in [5.41, 5.74) is 3.18. The van der Waals surface area contributed by atoms with Crippen LogP contribution in [0.1, 0.15) is 36.9 Å². The van der Waals surface area contributed by atoms with E-state index in [-0.39, 0.29) is 5.54 Å². The minimum atomic E-state index is 0.0788. The van der Waals surface area contributed by atoms with E-state index >= 15 is 0 Å². The van der Waals surface area contributed by atoms with E-state index in [9.17, 15) is 0 Å². The van der Waals surface area contributed by atoms with Crippen LogP contribution in [0.2, 0.25) is 0 Å². The van der Waals surface area contributed by atoms with Crippen molar-refractivity contribution in [3.63, 3.8) is 0 Å². The van der Waals surface area contributed by atoms with E-state index < -0.39 is 0 Å². The third-order valence-electron chi connectivity index (χ3n) is 3.05. The van der Waals surface area contributed by atoms with Gasteiger partial charge >= 0.3 is 0 Å². The van der Waals surface area contributed by atoms with Crippen LogP contribution < -0.4 is 5.32 Å². The van der Waals surface area contributed by atoms with Gasteiger partial charge in [0, 0.05) is 30.3 Å². The van der Waals surface area contributed by atoms with Gasteiger partial charge in [-0.1, -0.05) is 6.07 Å². The van der Waals surface area contributed by atoms with Crippen LogP contribution in [0.25, 0.3) is 10.7 Å². The Morgan fingerprint density at radius 2 is 2.10 bits per heavy atom. The summed E-state index contributed by atoms with van der Waals surface area (Å²) in [6, 6.07) is 4.01. The number of nitrogens with one attached hydrogen (secondary N) is 1. The van der Waals surface area contributed by atoms with E-state index in [1.54, 1.807) is 18.4 Å². The second-order valence-electron chi connectivity index (χ2n) is 6.09. The normalized spacial score (nSPS) is 11.9. The number of methoxy groups -OCH3 is 1. The Balaban J connectivity index is 2.30. The molecule has 2 rings (SSSR count). The van der Waals surface area contributed by atoms with Crippen LogP contribution in [-0.4, -0.2) is 22.6 Å². The molecule has 0 aliphatic carbocycles. The maximum absolute atomic E-state index is 5.28. The molecule has 0 aliphatic rings. The summed E-state index contributed by atoms with van der Waals surface area (Å²) in [7, 11) is 1.70. The van der Waals surface area contributed by atoms with Gasteiger partial charge in [0.15, 0.2) is 0 Å². The van der Waals surface area contributed by atoms with E-state index in [4.69, 9.17) is 9.72 Å². The van der Waals surface area contributed by atoms with Crippen molar-refractivity contribution >= 4 is 11.3 Å². The van der Waals surface area contributed by atoms with Crippen LogP contribution in [0.15, 0.2) is 18.3 Å². The van der Waals surface area contributed by atoms with E-state index in [1.165, 1.54) is 4.88 Å². The molecular formula is C16H23N3OS. The number of hydrogen-bond donors (Lipinski definition) is 1. The number of rotatable bonds is 5. The molecule has 0 aromatic carbocycles. The molecule has 0 aliphatic heterocycles. The summed E-state index contributed by atoms with van der Waals surface area (Å²) in [4.78, 5) is 10.4. The molecule has 0 bridgehead atoms. The highest BCUT2D eigenvalue weighted by Gasteiger charge is 2.17. The van der Waals surface area contributed by atoms with Crippen LogP contribution in [0.3, 0.4) is 0 Å². The van der Waals surface area contributed by atoms with Crippen LogP contribution in [0.4, 0.5) is 0 Å². The molecule has 0 amide bonds. The SMILES string of the molecule is COCc1nc(-c2ncccc2C)sc1CNC(C)(C)C. The first-order valence-corrected chi connectivity index (χ1v) is 7.87. The molecule has 2 heterocycles. The number of ether oxygens (including phenoxy) is 1. The maximum Gasteiger partial charge on any atom is 0.142 e. The zero-order valence-corrected chi connectivity index (χ0v) is 14.2. The molecule has 0 saturated carbocycles. The Labute approximate surface area is 130 Å². The first-order valence-electron chi connectivity index (χ1n) is 7.05. The number of pyridine rings is 1. The van der Waals surface area contributed by atoms with Crippen LogP contribution >= 0.6 is 11.3 Å². The lowest BCUT2D eigenvalue weighted by molar-refractivity contribution is 0.181. The summed E-state index contributed by atoms with van der Waals surface area (Å²) in [5.74, 6) is 0. The first-order chi connectivity index (χ1) is 9.90. The highest BCUT2D eigenvalue weighted by atomic mass is 32.1. The molecule has 21 heavy (non-hydrogen) atoms. The Hall–Kier alpha value is -1.30. The molecule has 0 spiro atoms. The second kappa shape index (κ2) is 6.64. The van der Waals surface area contributed by atoms with Crippen molar-refractivity contribution in [2.45, 2.75) is 46.4 Å². The smallest absolute Gasteiger partial charge is 0.142 e. The zero-order valence-electron chi connectivity index (χ0n) is 13.4. The van der Waals surface area contributed by atoms with E-state index in [2.05, 4.69) is 44.1 Å². The fraction of sp³-hybridized carbons (Fsp3) is 0.500. The summed E-state index contributed by atoms with van der Waals surface area (Å²) in [6.45, 7) is 9.87. The molecule has 1 N–H and O–H groups in total. The van der Waals surface area contributed by atoms with Gasteiger partial charge in [0.05, 0.1) is 12.3 Å². The molecule has 4 nitrogen and oxygen atoms in total. The quantitative estimate of drug-likeness (QED) is 0.917. The van der Waals surface area contributed by atoms with Gasteiger partial charge in [0.2, 0.25) is 0 Å². The predicted molar refractivity (Wildman–Crippen MR) is 87.4 cm³/mol. The van der Waals surface area contributed by atoms with Crippen molar-refractivity contribution < 1.29 is 4.74 Å². The number of hydrogen-bond acceptors (Lipinski definition) is 5. The van der Waals surface area contributed by atoms with Crippen molar-refractivity contribution in [1.82, 2.24) is 15.3 Å². The predicted octanol–water partition coefficient (Wildman–Crippen LogP) is 3.55. The molecule has 0 fully saturated rings. The van der Waals surface area contributed by atoms with Crippen molar-refractivity contribution in [1.29, 1.82) is 0 Å².